The van der Waals surface area contributed by atoms with Crippen molar-refractivity contribution >= 4 is 72.7 Å². The number of aryl methyl sites for hydroxylation is 1. The van der Waals surface area contributed by atoms with E-state index < -0.39 is 0 Å². The first-order valence-electron chi connectivity index (χ1n) is 11.7. The maximum absolute atomic E-state index is 13.1. The number of hydrogen-bond donors (Lipinski definition) is 0. The predicted octanol–water partition coefficient (Wildman–Crippen LogP) is 3.81. The molecule has 0 aliphatic carbocycles. The molecule has 0 saturated carbocycles. The van der Waals surface area contributed by atoms with Crippen LogP contribution in [0.2, 0.25) is 0 Å². The van der Waals surface area contributed by atoms with Crippen molar-refractivity contribution < 1.29 is 4.57 Å². The third kappa shape index (κ3) is 3.18. The van der Waals surface area contributed by atoms with E-state index >= 15 is 0 Å². The largest absolute Gasteiger partial charge is 0.358 e. The highest BCUT2D eigenvalue weighted by molar-refractivity contribution is 8.00. The van der Waals surface area contributed by atoms with Gasteiger partial charge in [0.05, 0.1) is 21.5 Å². The van der Waals surface area contributed by atoms with E-state index in [0.717, 1.165) is 25.8 Å². The smallest absolute Gasteiger partial charge is 0.263 e. The number of nitrogens with zero attached hydrogens (tertiary/aromatic N) is 2. The molecule has 1 aliphatic heterocycles. The van der Waals surface area contributed by atoms with Gasteiger partial charge in [-0.25, -0.2) is 0 Å². The molecule has 0 radical (unpaired) electrons. The van der Waals surface area contributed by atoms with E-state index in [1.54, 1.807) is 29.2 Å². The van der Waals surface area contributed by atoms with Crippen LogP contribution < -0.4 is 30.8 Å². The predicted molar refractivity (Wildman–Crippen MR) is 151 cm³/mol. The lowest BCUT2D eigenvalue weighted by atomic mass is 10.1. The summed E-state index contributed by atoms with van der Waals surface area (Å²) in [5.74, 6) is 0. The third-order valence-corrected chi connectivity index (χ3v) is 9.55. The number of hydrogen-bond acceptors (Lipinski definition) is 5. The van der Waals surface area contributed by atoms with Gasteiger partial charge in [-0.05, 0) is 45.8 Å². The molecule has 0 fully saturated rings. The summed E-state index contributed by atoms with van der Waals surface area (Å²) in [6, 6.07) is 25.2. The van der Waals surface area contributed by atoms with E-state index in [4.69, 9.17) is 0 Å². The third-order valence-electron chi connectivity index (χ3n) is 7.13. The minimum Gasteiger partial charge on any atom is -0.358 e. The highest BCUT2D eigenvalue weighted by Gasteiger charge is 2.27. The second-order valence-corrected chi connectivity index (χ2v) is 11.5. The number of aromatic nitrogens is 1. The Balaban J connectivity index is 1.28. The van der Waals surface area contributed by atoms with Gasteiger partial charge in [0, 0.05) is 24.1 Å². The van der Waals surface area contributed by atoms with Gasteiger partial charge in [0.2, 0.25) is 16.4 Å². The van der Waals surface area contributed by atoms with Gasteiger partial charge >= 0.3 is 0 Å². The second-order valence-electron chi connectivity index (χ2n) is 9.25. The molecule has 5 aromatic carbocycles. The lowest BCUT2D eigenvalue weighted by Gasteiger charge is -2.18. The fourth-order valence-corrected chi connectivity index (χ4v) is 7.41. The molecule has 2 heterocycles. The molecule has 0 bridgehead atoms. The number of fused-ring (bicyclic) bond motifs is 4. The van der Waals surface area contributed by atoms with Crippen LogP contribution in [0.15, 0.2) is 87.3 Å². The number of thioether (sulfide) groups is 1. The van der Waals surface area contributed by atoms with Crippen molar-refractivity contribution in [1.82, 2.24) is 0 Å². The summed E-state index contributed by atoms with van der Waals surface area (Å²) in [6.45, 7) is 0. The Kier molecular flexibility index (Phi) is 4.72. The molecular weight excluding hydrogens is 484 g/mol. The molecule has 6 heteroatoms. The number of thiazole rings is 1. The van der Waals surface area contributed by atoms with Gasteiger partial charge in [-0.3, -0.25) is 9.59 Å². The van der Waals surface area contributed by atoms with Gasteiger partial charge in [0.1, 0.15) is 11.7 Å². The van der Waals surface area contributed by atoms with E-state index in [9.17, 15) is 9.59 Å². The van der Waals surface area contributed by atoms with Crippen molar-refractivity contribution in [3.05, 3.63) is 109 Å². The molecule has 36 heavy (non-hydrogen) atoms. The summed E-state index contributed by atoms with van der Waals surface area (Å²) in [7, 11) is 4.00. The molecule has 1 unspecified atom stereocenters. The summed E-state index contributed by atoms with van der Waals surface area (Å²) < 4.78 is 3.19. The summed E-state index contributed by atoms with van der Waals surface area (Å²) in [6.07, 6.45) is 3.58. The van der Waals surface area contributed by atoms with Crippen LogP contribution in [0.4, 0.5) is 5.69 Å². The first kappa shape index (κ1) is 21.5. The van der Waals surface area contributed by atoms with Gasteiger partial charge in [-0.15, -0.1) is 0 Å². The fourth-order valence-electron chi connectivity index (χ4n) is 5.03. The first-order valence-corrected chi connectivity index (χ1v) is 13.4. The zero-order valence-corrected chi connectivity index (χ0v) is 21.3. The Hall–Kier alpha value is -3.74. The van der Waals surface area contributed by atoms with Crippen LogP contribution in [0.1, 0.15) is 5.01 Å². The highest BCUT2D eigenvalue weighted by atomic mass is 32.2. The molecule has 7 rings (SSSR count). The average molecular weight is 506 g/mol. The molecule has 0 spiro atoms. The maximum atomic E-state index is 13.1. The van der Waals surface area contributed by atoms with Gasteiger partial charge in [-0.1, -0.05) is 71.6 Å². The Morgan fingerprint density at radius 3 is 2.14 bits per heavy atom. The Morgan fingerprint density at radius 1 is 0.833 bits per heavy atom. The molecule has 6 aromatic rings. The zero-order chi connectivity index (χ0) is 24.6. The van der Waals surface area contributed by atoms with E-state index in [2.05, 4.69) is 58.0 Å². The van der Waals surface area contributed by atoms with Gasteiger partial charge < -0.3 is 4.90 Å². The minimum atomic E-state index is -0.169. The van der Waals surface area contributed by atoms with Crippen molar-refractivity contribution in [1.29, 1.82) is 0 Å². The monoisotopic (exact) mass is 505 g/mol. The summed E-state index contributed by atoms with van der Waals surface area (Å²) in [5, 5.41) is 6.08. The topological polar surface area (TPSA) is 41.3 Å². The number of rotatable bonds is 2. The molecule has 1 atom stereocenters. The summed E-state index contributed by atoms with van der Waals surface area (Å²) in [5.41, 5.74) is 1.88. The Labute approximate surface area is 214 Å². The van der Waals surface area contributed by atoms with Crippen molar-refractivity contribution in [2.75, 3.05) is 11.9 Å². The van der Waals surface area contributed by atoms with Crippen molar-refractivity contribution in [3.8, 4) is 0 Å². The quantitative estimate of drug-likeness (QED) is 0.336. The number of anilines is 1. The van der Waals surface area contributed by atoms with Crippen molar-refractivity contribution in [2.45, 2.75) is 10.3 Å². The molecule has 1 aliphatic rings. The molecule has 0 saturated heterocycles. The highest BCUT2D eigenvalue weighted by Crippen LogP contribution is 2.44. The van der Waals surface area contributed by atoms with Crippen LogP contribution in [0, 0.1) is 0 Å². The van der Waals surface area contributed by atoms with Crippen LogP contribution in [0.25, 0.3) is 43.9 Å². The molecular formula is C30H21N2O2S2+. The Bertz CT molecular complexity index is 2030. The van der Waals surface area contributed by atoms with E-state index in [1.807, 2.05) is 44.4 Å². The molecule has 1 aromatic heterocycles. The fraction of sp³-hybridized carbons (Fsp3) is 0.100. The van der Waals surface area contributed by atoms with Gasteiger partial charge in [-0.2, -0.15) is 4.57 Å². The standard InChI is InChI=1S/C30H21N2O2S2/c1-31-23-11-17-7-3-5-9-19(17)13-25(23)35-27(31)15-21-29(33)22(30(21)34)16-28-32(2)24-12-18-8-4-6-10-20(18)14-26(24)36-28/h3-16,27H,1-2H3/q+1. The normalized spacial score (nSPS) is 15.3. The van der Waals surface area contributed by atoms with Crippen molar-refractivity contribution in [3.63, 3.8) is 0 Å². The van der Waals surface area contributed by atoms with Crippen molar-refractivity contribution in [2.24, 2.45) is 7.05 Å². The average Bonchev–Trinajstić information content (AvgIpc) is 3.37. The summed E-state index contributed by atoms with van der Waals surface area (Å²) >= 11 is 3.27. The number of benzene rings is 4. The SMILES string of the molecule is CN1c2cc3ccccc3cc2SC1C=c1c(=O)c(=Cc2sc3cc4ccccc4cc3[n+]2C)c1=O. The van der Waals surface area contributed by atoms with E-state index in [-0.39, 0.29) is 26.7 Å². The van der Waals surface area contributed by atoms with E-state index in [1.165, 1.54) is 21.5 Å². The lowest BCUT2D eigenvalue weighted by Crippen LogP contribution is -2.65. The first-order chi connectivity index (χ1) is 17.5. The van der Waals surface area contributed by atoms with Gasteiger partial charge in [0.15, 0.2) is 0 Å². The van der Waals surface area contributed by atoms with Crippen LogP contribution >= 0.6 is 23.1 Å². The minimum absolute atomic E-state index is 0.0888. The molecule has 0 amide bonds. The Morgan fingerprint density at radius 2 is 1.44 bits per heavy atom. The van der Waals surface area contributed by atoms with Crippen LogP contribution in [-0.4, -0.2) is 12.4 Å². The van der Waals surface area contributed by atoms with Crippen LogP contribution in [0.5, 0.6) is 0 Å². The zero-order valence-electron chi connectivity index (χ0n) is 19.7. The van der Waals surface area contributed by atoms with Crippen LogP contribution in [0.3, 0.4) is 0 Å². The molecule has 4 nitrogen and oxygen atoms in total. The second kappa shape index (κ2) is 7.88. The molecule has 0 N–H and O–H groups in total. The van der Waals surface area contributed by atoms with Gasteiger partial charge in [0.25, 0.3) is 5.01 Å². The van der Waals surface area contributed by atoms with Crippen LogP contribution in [-0.2, 0) is 7.05 Å². The lowest BCUT2D eigenvalue weighted by molar-refractivity contribution is -0.642. The van der Waals surface area contributed by atoms with E-state index in [0.29, 0.717) is 0 Å². The molecule has 174 valence electrons. The summed E-state index contributed by atoms with van der Waals surface area (Å²) in [4.78, 5) is 29.4. The maximum Gasteiger partial charge on any atom is 0.263 e.